The van der Waals surface area contributed by atoms with Crippen molar-refractivity contribution >= 4 is 58.7 Å². The summed E-state index contributed by atoms with van der Waals surface area (Å²) in [6.07, 6.45) is 4.54. The summed E-state index contributed by atoms with van der Waals surface area (Å²) >= 11 is 3.01. The number of amides is 3. The Morgan fingerprint density at radius 2 is 1.82 bits per heavy atom. The summed E-state index contributed by atoms with van der Waals surface area (Å²) in [6.45, 7) is 5.22. The molecule has 7 N–H and O–H groups in total. The van der Waals surface area contributed by atoms with Crippen molar-refractivity contribution in [3.8, 4) is 0 Å². The van der Waals surface area contributed by atoms with Crippen LogP contribution in [0.4, 0.5) is 10.1 Å². The third-order valence-corrected chi connectivity index (χ3v) is 14.8. The van der Waals surface area contributed by atoms with E-state index in [1.54, 1.807) is 55.1 Å². The number of nitrogens with zero attached hydrogens (tertiary/aromatic N) is 1. The second kappa shape index (κ2) is 16.9. The zero-order valence-corrected chi connectivity index (χ0v) is 37.0. The number of fused-ring (bicyclic) bond motifs is 7. The summed E-state index contributed by atoms with van der Waals surface area (Å²) in [6, 6.07) is 4.92. The first-order valence-corrected chi connectivity index (χ1v) is 23.0. The highest BCUT2D eigenvalue weighted by molar-refractivity contribution is 9.09. The van der Waals surface area contributed by atoms with Crippen LogP contribution >= 0.6 is 23.8 Å². The number of ether oxygens (including phenoxy) is 2. The smallest absolute Gasteiger partial charge is 0.392 e. The van der Waals surface area contributed by atoms with Crippen molar-refractivity contribution in [2.24, 2.45) is 22.7 Å². The number of rotatable bonds is 14. The Balaban J connectivity index is 1.08. The standard InChI is InChI=1S/C42H51BrFN4O13P/c1-22(45-35(53)17-43)36(54)46-23(2)37(55)47-31-8-5-24(13-26(31)20-49)18-48-12-10-25(19-48)38-60-34-15-30-29-7-6-27-14-28(50)9-11-39(27,3)41(29,44)32(51)16-40(30,4)42(34,61-38)33(52)21-59-62(56,57)58/h5,8-14,19,22-23,29-30,32,34,38,49,51H,6-7,15-18,20-21H2,1-4H3,(H,45,53)(H,46,54)(H,47,55)(H2,56,57,58)/t22-,23-,29-,30-,32-,34+,38+,39-,40-,41-,42+/m0/s1. The fourth-order valence-electron chi connectivity index (χ4n) is 10.8. The Morgan fingerprint density at radius 3 is 2.52 bits per heavy atom. The zero-order valence-electron chi connectivity index (χ0n) is 34.5. The van der Waals surface area contributed by atoms with Gasteiger partial charge in [-0.15, -0.1) is 0 Å². The van der Waals surface area contributed by atoms with Gasteiger partial charge in [0, 0.05) is 52.5 Å². The van der Waals surface area contributed by atoms with Crippen molar-refractivity contribution < 1.29 is 66.9 Å². The lowest BCUT2D eigenvalue weighted by atomic mass is 9.44. The Kier molecular flexibility index (Phi) is 12.6. The Hall–Kier alpha value is -3.91. The molecule has 1 aromatic heterocycles. The minimum absolute atomic E-state index is 0.0156. The number of allylic oxidation sites excluding steroid dienone is 4. The second-order valence-electron chi connectivity index (χ2n) is 17.4. The maximum absolute atomic E-state index is 17.9. The molecule has 5 aliphatic rings. The molecule has 4 aliphatic carbocycles. The number of benzene rings is 1. The molecule has 1 saturated heterocycles. The number of anilines is 1. The number of Topliss-reactive ketones (excluding diaryl/α,β-unsaturated/α-hetero) is 1. The van der Waals surface area contributed by atoms with E-state index in [4.69, 9.17) is 14.0 Å². The van der Waals surface area contributed by atoms with Gasteiger partial charge in [0.25, 0.3) is 0 Å². The first kappa shape index (κ1) is 46.1. The van der Waals surface area contributed by atoms with Gasteiger partial charge in [0.05, 0.1) is 24.1 Å². The molecule has 336 valence electrons. The molecule has 3 saturated carbocycles. The highest BCUT2D eigenvalue weighted by Crippen LogP contribution is 2.72. The third kappa shape index (κ3) is 7.87. The average Bonchev–Trinajstić information content (AvgIpc) is 3.90. The summed E-state index contributed by atoms with van der Waals surface area (Å²) < 4.78 is 49.3. The SMILES string of the molecule is C[C@H](NC(=O)CBr)C(=O)N[C@@H](C)C(=O)Nc1ccc(Cn2ccc([C@@H]3O[C@@H]4C[C@H]5[C@@H]6CCC7=CC(=O)C=C[C@]7(C)[C@@]6(F)[C@@H](O)C[C@]5(C)[C@]4(C(=O)COP(=O)(O)O)O3)c2)cc1CO. The minimum Gasteiger partial charge on any atom is -0.392 e. The van der Waals surface area contributed by atoms with Gasteiger partial charge >= 0.3 is 7.82 Å². The molecule has 1 aromatic carbocycles. The van der Waals surface area contributed by atoms with E-state index in [2.05, 4.69) is 31.9 Å². The molecule has 7 rings (SSSR count). The van der Waals surface area contributed by atoms with Gasteiger partial charge in [0.15, 0.2) is 29.1 Å². The lowest BCUT2D eigenvalue weighted by molar-refractivity contribution is -0.231. The van der Waals surface area contributed by atoms with Gasteiger partial charge in [-0.2, -0.15) is 0 Å². The first-order chi connectivity index (χ1) is 29.1. The number of alkyl halides is 2. The Bertz CT molecular complexity index is 2280. The fraction of sp³-hybridized carbons (Fsp3) is 0.548. The maximum Gasteiger partial charge on any atom is 0.470 e. The molecule has 2 heterocycles. The Labute approximate surface area is 365 Å². The van der Waals surface area contributed by atoms with E-state index < -0.39 is 103 Å². The van der Waals surface area contributed by atoms with Gasteiger partial charge in [-0.05, 0) is 88.3 Å². The molecule has 62 heavy (non-hydrogen) atoms. The quantitative estimate of drug-likeness (QED) is 0.106. The van der Waals surface area contributed by atoms with Gasteiger partial charge in [-0.3, -0.25) is 28.5 Å². The van der Waals surface area contributed by atoms with Crippen molar-refractivity contribution in [3.63, 3.8) is 0 Å². The van der Waals surface area contributed by atoms with E-state index >= 15 is 4.39 Å². The topological polar surface area (TPSA) is 252 Å². The lowest BCUT2D eigenvalue weighted by Crippen LogP contribution is -2.69. The van der Waals surface area contributed by atoms with Crippen LogP contribution in [0.2, 0.25) is 0 Å². The molecule has 2 aromatic rings. The number of phosphoric ester groups is 1. The predicted octanol–water partition coefficient (Wildman–Crippen LogP) is 3.18. The van der Waals surface area contributed by atoms with Crippen molar-refractivity contribution in [1.29, 1.82) is 0 Å². The number of aliphatic hydroxyl groups is 2. The van der Waals surface area contributed by atoms with E-state index in [1.807, 2.05) is 0 Å². The zero-order chi connectivity index (χ0) is 45.2. The number of halogens is 2. The number of nitrogens with one attached hydrogen (secondary N) is 3. The minimum atomic E-state index is -5.11. The molecule has 4 fully saturated rings. The van der Waals surface area contributed by atoms with Crippen LogP contribution in [0, 0.1) is 22.7 Å². The number of aromatic nitrogens is 1. The highest BCUT2D eigenvalue weighted by Gasteiger charge is 2.79. The molecule has 11 atom stereocenters. The molecular formula is C42H51BrFN4O13P. The molecule has 0 bridgehead atoms. The van der Waals surface area contributed by atoms with Crippen molar-refractivity contribution in [2.75, 3.05) is 17.3 Å². The van der Waals surface area contributed by atoms with Crippen LogP contribution in [0.5, 0.6) is 0 Å². The van der Waals surface area contributed by atoms with Crippen molar-refractivity contribution in [1.82, 2.24) is 15.2 Å². The van der Waals surface area contributed by atoms with Gasteiger partial charge < -0.3 is 50.0 Å². The molecule has 17 nitrogen and oxygen atoms in total. The predicted molar refractivity (Wildman–Crippen MR) is 222 cm³/mol. The molecule has 0 radical (unpaired) electrons. The van der Waals surface area contributed by atoms with E-state index in [0.29, 0.717) is 28.8 Å². The summed E-state index contributed by atoms with van der Waals surface area (Å²) in [5.41, 5.74) is -4.12. The second-order valence-corrected chi connectivity index (χ2v) is 19.2. The van der Waals surface area contributed by atoms with Crippen molar-refractivity contribution in [2.45, 2.75) is 108 Å². The average molecular weight is 950 g/mol. The van der Waals surface area contributed by atoms with E-state index in [0.717, 1.165) is 5.56 Å². The van der Waals surface area contributed by atoms with Crippen LogP contribution in [-0.4, -0.2) is 101 Å². The third-order valence-electron chi connectivity index (χ3n) is 13.8. The molecular weight excluding hydrogens is 898 g/mol. The van der Waals surface area contributed by atoms with Crippen LogP contribution in [0.1, 0.15) is 76.4 Å². The fourth-order valence-corrected chi connectivity index (χ4v) is 11.2. The molecule has 1 aliphatic heterocycles. The van der Waals surface area contributed by atoms with Crippen molar-refractivity contribution in [3.05, 3.63) is 77.2 Å². The summed E-state index contributed by atoms with van der Waals surface area (Å²) in [7, 11) is -5.11. The lowest BCUT2D eigenvalue weighted by Gasteiger charge is -2.62. The van der Waals surface area contributed by atoms with Crippen LogP contribution < -0.4 is 16.0 Å². The van der Waals surface area contributed by atoms with Crippen LogP contribution in [0.15, 0.2) is 60.5 Å². The summed E-state index contributed by atoms with van der Waals surface area (Å²) in [4.78, 5) is 82.8. The monoisotopic (exact) mass is 948 g/mol. The number of hydrogen-bond donors (Lipinski definition) is 7. The number of carbonyl (C=O) groups excluding carboxylic acids is 5. The maximum atomic E-state index is 17.9. The van der Waals surface area contributed by atoms with Crippen LogP contribution in [0.3, 0.4) is 0 Å². The molecule has 20 heteroatoms. The molecule has 3 amide bonds. The van der Waals surface area contributed by atoms with E-state index in [-0.39, 0.29) is 42.8 Å². The highest BCUT2D eigenvalue weighted by atomic mass is 79.9. The number of hydrogen-bond acceptors (Lipinski definition) is 11. The van der Waals surface area contributed by atoms with Crippen LogP contribution in [0.25, 0.3) is 0 Å². The summed E-state index contributed by atoms with van der Waals surface area (Å²) in [5, 5.41) is 29.9. The van der Waals surface area contributed by atoms with Gasteiger partial charge in [-0.1, -0.05) is 40.6 Å². The Morgan fingerprint density at radius 1 is 1.10 bits per heavy atom. The van der Waals surface area contributed by atoms with Gasteiger partial charge in [0.2, 0.25) is 17.7 Å². The molecule has 0 spiro atoms. The molecule has 0 unspecified atom stereocenters. The first-order valence-electron chi connectivity index (χ1n) is 20.3. The van der Waals surface area contributed by atoms with E-state index in [9.17, 15) is 48.5 Å². The van der Waals surface area contributed by atoms with E-state index in [1.165, 1.54) is 32.1 Å². The number of carbonyl (C=O) groups is 5. The van der Waals surface area contributed by atoms with Gasteiger partial charge in [0.1, 0.15) is 18.7 Å². The summed E-state index contributed by atoms with van der Waals surface area (Å²) in [5.74, 6) is -3.92. The number of ketones is 2. The normalized spacial score (nSPS) is 33.3. The van der Waals surface area contributed by atoms with Crippen LogP contribution in [-0.2, 0) is 55.7 Å². The van der Waals surface area contributed by atoms with Gasteiger partial charge in [-0.25, -0.2) is 8.96 Å². The largest absolute Gasteiger partial charge is 0.470 e. The number of phosphoric acid groups is 1. The number of aliphatic hydroxyl groups excluding tert-OH is 2.